The van der Waals surface area contributed by atoms with E-state index in [0.717, 1.165) is 0 Å². The van der Waals surface area contributed by atoms with Gasteiger partial charge in [0, 0.05) is 19.6 Å². The number of halogens is 1. The molecule has 19 heavy (non-hydrogen) atoms. The van der Waals surface area contributed by atoms with E-state index in [1.807, 2.05) is 0 Å². The third-order valence-electron chi connectivity index (χ3n) is 2.84. The smallest absolute Gasteiger partial charge is 0.301 e. The second-order valence-corrected chi connectivity index (χ2v) is 5.79. The zero-order chi connectivity index (χ0) is 13.9. The fraction of sp³-hybridized carbons (Fsp3) is 0.455. The maximum absolute atomic E-state index is 13.1. The highest BCUT2D eigenvalue weighted by Crippen LogP contribution is 2.19. The minimum Gasteiger partial charge on any atom is -0.379 e. The van der Waals surface area contributed by atoms with Gasteiger partial charge in [-0.2, -0.15) is 12.7 Å². The van der Waals surface area contributed by atoms with Crippen molar-refractivity contribution in [2.24, 2.45) is 5.73 Å². The Balaban J connectivity index is 2.19. The van der Waals surface area contributed by atoms with E-state index in [9.17, 15) is 12.8 Å². The second kappa shape index (κ2) is 5.83. The highest BCUT2D eigenvalue weighted by atomic mass is 32.2. The number of benzene rings is 1. The van der Waals surface area contributed by atoms with Crippen molar-refractivity contribution in [2.45, 2.75) is 6.54 Å². The molecule has 0 saturated carbocycles. The van der Waals surface area contributed by atoms with Crippen LogP contribution in [0.15, 0.2) is 18.2 Å². The molecule has 1 aromatic rings. The summed E-state index contributed by atoms with van der Waals surface area (Å²) < 4.78 is 46.2. The number of nitrogens with zero attached hydrogens (tertiary/aromatic N) is 1. The van der Waals surface area contributed by atoms with Crippen molar-refractivity contribution < 1.29 is 17.5 Å². The Hall–Kier alpha value is -1.22. The molecule has 8 heteroatoms. The zero-order valence-corrected chi connectivity index (χ0v) is 11.1. The number of morpholine rings is 1. The van der Waals surface area contributed by atoms with Gasteiger partial charge in [0.15, 0.2) is 0 Å². The van der Waals surface area contributed by atoms with Crippen LogP contribution in [0.25, 0.3) is 0 Å². The quantitative estimate of drug-likeness (QED) is 0.833. The average Bonchev–Trinajstić information content (AvgIpc) is 2.41. The highest BCUT2D eigenvalue weighted by Gasteiger charge is 2.24. The molecule has 2 rings (SSSR count). The number of nitrogens with one attached hydrogen (secondary N) is 1. The van der Waals surface area contributed by atoms with Gasteiger partial charge < -0.3 is 10.5 Å². The predicted molar refractivity (Wildman–Crippen MR) is 69.2 cm³/mol. The molecule has 0 amide bonds. The van der Waals surface area contributed by atoms with Crippen LogP contribution in [0.2, 0.25) is 0 Å². The molecule has 1 aromatic carbocycles. The van der Waals surface area contributed by atoms with Crippen LogP contribution in [0.1, 0.15) is 5.56 Å². The molecular weight excluding hydrogens is 273 g/mol. The van der Waals surface area contributed by atoms with E-state index in [1.165, 1.54) is 22.5 Å². The van der Waals surface area contributed by atoms with E-state index in [-0.39, 0.29) is 6.54 Å². The van der Waals surface area contributed by atoms with E-state index in [1.54, 1.807) is 0 Å². The summed E-state index contributed by atoms with van der Waals surface area (Å²) in [4.78, 5) is 0. The van der Waals surface area contributed by atoms with Crippen molar-refractivity contribution in [1.82, 2.24) is 4.31 Å². The van der Waals surface area contributed by atoms with E-state index in [4.69, 9.17) is 10.5 Å². The first-order chi connectivity index (χ1) is 9.03. The van der Waals surface area contributed by atoms with Gasteiger partial charge in [-0.05, 0) is 23.8 Å². The average molecular weight is 289 g/mol. The van der Waals surface area contributed by atoms with Crippen LogP contribution >= 0.6 is 0 Å². The molecular formula is C11H16FN3O3S. The molecule has 1 fully saturated rings. The SMILES string of the molecule is NCc1cc(F)ccc1NS(=O)(=O)N1CCOCC1. The minimum atomic E-state index is -3.66. The van der Waals surface area contributed by atoms with Gasteiger partial charge in [-0.25, -0.2) is 4.39 Å². The van der Waals surface area contributed by atoms with E-state index in [0.29, 0.717) is 37.6 Å². The third kappa shape index (κ3) is 3.41. The first kappa shape index (κ1) is 14.2. The van der Waals surface area contributed by atoms with E-state index >= 15 is 0 Å². The number of anilines is 1. The number of hydrogen-bond donors (Lipinski definition) is 2. The number of ether oxygens (including phenoxy) is 1. The van der Waals surface area contributed by atoms with Gasteiger partial charge in [-0.1, -0.05) is 0 Å². The molecule has 0 radical (unpaired) electrons. The predicted octanol–water partition coefficient (Wildman–Crippen LogP) is 0.273. The molecule has 0 aromatic heterocycles. The number of nitrogens with two attached hydrogens (primary N) is 1. The molecule has 1 aliphatic rings. The Bertz CT molecular complexity index is 544. The Labute approximate surface area is 111 Å². The van der Waals surface area contributed by atoms with Crippen LogP contribution in [0.4, 0.5) is 10.1 Å². The third-order valence-corrected chi connectivity index (χ3v) is 4.36. The first-order valence-electron chi connectivity index (χ1n) is 5.87. The summed E-state index contributed by atoms with van der Waals surface area (Å²) in [6.07, 6.45) is 0. The maximum Gasteiger partial charge on any atom is 0.301 e. The van der Waals surface area contributed by atoms with Gasteiger partial charge in [0.25, 0.3) is 0 Å². The first-order valence-corrected chi connectivity index (χ1v) is 7.31. The van der Waals surface area contributed by atoms with Crippen LogP contribution in [0.5, 0.6) is 0 Å². The molecule has 0 spiro atoms. The monoisotopic (exact) mass is 289 g/mol. The second-order valence-electron chi connectivity index (χ2n) is 4.12. The molecule has 0 atom stereocenters. The summed E-state index contributed by atoms with van der Waals surface area (Å²) in [5.74, 6) is -0.449. The molecule has 1 aliphatic heterocycles. The standard InChI is InChI=1S/C11H16FN3O3S/c12-10-1-2-11(9(7-10)8-13)14-19(16,17)15-3-5-18-6-4-15/h1-2,7,14H,3-6,8,13H2. The summed E-state index contributed by atoms with van der Waals surface area (Å²) >= 11 is 0. The normalized spacial score (nSPS) is 17.4. The van der Waals surface area contributed by atoms with Gasteiger partial charge >= 0.3 is 10.2 Å². The topological polar surface area (TPSA) is 84.7 Å². The van der Waals surface area contributed by atoms with Crippen molar-refractivity contribution in [2.75, 3.05) is 31.0 Å². The molecule has 0 aliphatic carbocycles. The molecule has 106 valence electrons. The zero-order valence-electron chi connectivity index (χ0n) is 10.3. The van der Waals surface area contributed by atoms with Gasteiger partial charge in [0.1, 0.15) is 5.82 Å². The number of rotatable bonds is 4. The van der Waals surface area contributed by atoms with Crippen LogP contribution in [-0.2, 0) is 21.5 Å². The molecule has 0 bridgehead atoms. The Kier molecular flexibility index (Phi) is 4.35. The van der Waals surface area contributed by atoms with Crippen molar-refractivity contribution in [1.29, 1.82) is 0 Å². The molecule has 6 nitrogen and oxygen atoms in total. The largest absolute Gasteiger partial charge is 0.379 e. The molecule has 1 heterocycles. The summed E-state index contributed by atoms with van der Waals surface area (Å²) in [7, 11) is -3.66. The number of hydrogen-bond acceptors (Lipinski definition) is 4. The minimum absolute atomic E-state index is 0.0543. The molecule has 0 unspecified atom stereocenters. The lowest BCUT2D eigenvalue weighted by molar-refractivity contribution is 0.0733. The fourth-order valence-electron chi connectivity index (χ4n) is 1.82. The van der Waals surface area contributed by atoms with E-state index in [2.05, 4.69) is 4.72 Å². The van der Waals surface area contributed by atoms with Crippen molar-refractivity contribution in [3.8, 4) is 0 Å². The van der Waals surface area contributed by atoms with E-state index < -0.39 is 16.0 Å². The fourth-order valence-corrected chi connectivity index (χ4v) is 3.06. The Morgan fingerprint density at radius 3 is 2.68 bits per heavy atom. The lowest BCUT2D eigenvalue weighted by atomic mass is 10.2. The lowest BCUT2D eigenvalue weighted by Crippen LogP contribution is -2.43. The summed E-state index contributed by atoms with van der Waals surface area (Å²) in [5, 5.41) is 0. The van der Waals surface area contributed by atoms with Gasteiger partial charge in [-0.3, -0.25) is 4.72 Å². The van der Waals surface area contributed by atoms with Gasteiger partial charge in [-0.15, -0.1) is 0 Å². The summed E-state index contributed by atoms with van der Waals surface area (Å²) in [6, 6.07) is 3.78. The van der Waals surface area contributed by atoms with Gasteiger partial charge in [0.05, 0.1) is 18.9 Å². The summed E-state index contributed by atoms with van der Waals surface area (Å²) in [6.45, 7) is 1.39. The summed E-state index contributed by atoms with van der Waals surface area (Å²) in [5.41, 5.74) is 6.20. The highest BCUT2D eigenvalue weighted by molar-refractivity contribution is 7.90. The van der Waals surface area contributed by atoms with Crippen LogP contribution in [0.3, 0.4) is 0 Å². The van der Waals surface area contributed by atoms with Crippen LogP contribution in [0, 0.1) is 5.82 Å². The Morgan fingerprint density at radius 1 is 1.37 bits per heavy atom. The Morgan fingerprint density at radius 2 is 2.05 bits per heavy atom. The van der Waals surface area contributed by atoms with Crippen molar-refractivity contribution in [3.63, 3.8) is 0 Å². The molecule has 3 N–H and O–H groups in total. The van der Waals surface area contributed by atoms with Gasteiger partial charge in [0.2, 0.25) is 0 Å². The van der Waals surface area contributed by atoms with Crippen LogP contribution < -0.4 is 10.5 Å². The van der Waals surface area contributed by atoms with Crippen molar-refractivity contribution in [3.05, 3.63) is 29.6 Å². The van der Waals surface area contributed by atoms with Crippen molar-refractivity contribution >= 4 is 15.9 Å². The van der Waals surface area contributed by atoms with Crippen LogP contribution in [-0.4, -0.2) is 39.0 Å². The maximum atomic E-state index is 13.1. The molecule has 1 saturated heterocycles. The lowest BCUT2D eigenvalue weighted by Gasteiger charge is -2.26.